The number of hydrogen-bond acceptors (Lipinski definition) is 10. The lowest BCUT2D eigenvalue weighted by Gasteiger charge is -2.40. The number of amides is 1. The normalized spacial score (nSPS) is 19.5. The van der Waals surface area contributed by atoms with Gasteiger partial charge in [-0.05, 0) is 43.0 Å². The third kappa shape index (κ3) is 33.0. The van der Waals surface area contributed by atoms with Gasteiger partial charge in [-0.3, -0.25) is 5.32 Å². The van der Waals surface area contributed by atoms with Gasteiger partial charge in [-0.25, -0.2) is 4.79 Å². The highest BCUT2D eigenvalue weighted by molar-refractivity contribution is 5.84. The summed E-state index contributed by atoms with van der Waals surface area (Å²) in [6.45, 7) is 8.81. The maximum absolute atomic E-state index is 12.6. The molecule has 71 heavy (non-hydrogen) atoms. The van der Waals surface area contributed by atoms with E-state index < -0.39 is 61.7 Å². The first-order valence-corrected chi connectivity index (χ1v) is 30.0. The van der Waals surface area contributed by atoms with Crippen LogP contribution in [-0.4, -0.2) is 100 Å². The van der Waals surface area contributed by atoms with Crippen LogP contribution < -0.4 is 10.6 Å². The van der Waals surface area contributed by atoms with E-state index in [0.717, 1.165) is 44.1 Å². The molecule has 1 aromatic rings. The second-order valence-electron chi connectivity index (χ2n) is 21.8. The molecular weight excluding hydrogens is 893 g/mol. The van der Waals surface area contributed by atoms with E-state index in [2.05, 4.69) is 38.3 Å². The van der Waals surface area contributed by atoms with E-state index in [1.807, 2.05) is 12.1 Å². The molecule has 1 heterocycles. The molecule has 0 saturated carbocycles. The fourth-order valence-corrected chi connectivity index (χ4v) is 9.94. The molecule has 1 aromatic carbocycles. The first-order valence-electron chi connectivity index (χ1n) is 30.0. The van der Waals surface area contributed by atoms with Gasteiger partial charge in [0.05, 0.1) is 24.9 Å². The number of anilines is 1. The molecule has 11 nitrogen and oxygen atoms in total. The van der Waals surface area contributed by atoms with Crippen LogP contribution >= 0.6 is 0 Å². The van der Waals surface area contributed by atoms with Gasteiger partial charge < -0.3 is 45.1 Å². The van der Waals surface area contributed by atoms with Crippen LogP contribution in [0.2, 0.25) is 0 Å². The Morgan fingerprint density at radius 2 is 0.944 bits per heavy atom. The van der Waals surface area contributed by atoms with Crippen LogP contribution in [0, 0.1) is 0 Å². The molecule has 416 valence electrons. The maximum atomic E-state index is 12.6. The van der Waals surface area contributed by atoms with Gasteiger partial charge in [-0.2, -0.15) is 0 Å². The third-order valence-corrected chi connectivity index (χ3v) is 14.9. The number of unbranched alkanes of at least 4 members (excludes halogenated alkanes) is 34. The number of carbonyl (C=O) groups excluding carboxylic acids is 1. The summed E-state index contributed by atoms with van der Waals surface area (Å²) in [7, 11) is 0. The number of rotatable bonds is 48. The van der Waals surface area contributed by atoms with Crippen LogP contribution in [0.15, 0.2) is 24.3 Å². The molecule has 2 rings (SSSR count). The number of nitrogens with one attached hydrogen (secondary N) is 2. The summed E-state index contributed by atoms with van der Waals surface area (Å²) in [5.74, 6) is 0.346. The average Bonchev–Trinajstić information content (AvgIpc) is 3.36. The Balaban J connectivity index is 1.71. The van der Waals surface area contributed by atoms with E-state index in [4.69, 9.17) is 14.2 Å². The summed E-state index contributed by atoms with van der Waals surface area (Å²) < 4.78 is 17.2. The van der Waals surface area contributed by atoms with Crippen molar-refractivity contribution in [1.82, 2.24) is 5.32 Å². The zero-order chi connectivity index (χ0) is 51.6. The molecule has 0 aliphatic carbocycles. The zero-order valence-corrected chi connectivity index (χ0v) is 46.2. The molecule has 1 saturated heterocycles. The number of ether oxygens (including phenoxy) is 3. The van der Waals surface area contributed by atoms with E-state index in [1.54, 1.807) is 12.1 Å². The number of benzene rings is 1. The van der Waals surface area contributed by atoms with Crippen molar-refractivity contribution in [2.45, 2.75) is 320 Å². The van der Waals surface area contributed by atoms with Gasteiger partial charge in [0.2, 0.25) is 0 Å². The van der Waals surface area contributed by atoms with Crippen molar-refractivity contribution in [3.05, 3.63) is 29.8 Å². The van der Waals surface area contributed by atoms with Crippen molar-refractivity contribution in [2.75, 3.05) is 25.1 Å². The van der Waals surface area contributed by atoms with Crippen LogP contribution in [0.25, 0.3) is 0 Å². The molecule has 0 spiro atoms. The molecule has 1 aliphatic heterocycles. The number of aliphatic hydroxyl groups is 5. The minimum absolute atomic E-state index is 0.124. The monoisotopic (exact) mass is 1000 g/mol. The second-order valence-corrected chi connectivity index (χ2v) is 21.8. The first kappa shape index (κ1) is 65.3. The Morgan fingerprint density at radius 3 is 1.35 bits per heavy atom. The lowest BCUT2D eigenvalue weighted by Crippen LogP contribution is -2.60. The van der Waals surface area contributed by atoms with E-state index >= 15 is 0 Å². The van der Waals surface area contributed by atoms with E-state index in [0.29, 0.717) is 24.6 Å². The van der Waals surface area contributed by atoms with Gasteiger partial charge in [0, 0.05) is 5.69 Å². The van der Waals surface area contributed by atoms with E-state index in [1.165, 1.54) is 193 Å². The number of carbonyl (C=O) groups is 1. The molecule has 0 bridgehead atoms. The Labute approximate surface area is 435 Å². The Morgan fingerprint density at radius 1 is 0.549 bits per heavy atom. The minimum atomic E-state index is -1.62. The van der Waals surface area contributed by atoms with Gasteiger partial charge in [-0.15, -0.1) is 0 Å². The van der Waals surface area contributed by atoms with Crippen molar-refractivity contribution < 1.29 is 44.5 Å². The Kier molecular flexibility index (Phi) is 40.9. The zero-order valence-electron chi connectivity index (χ0n) is 46.2. The summed E-state index contributed by atoms with van der Waals surface area (Å²) in [5.41, 5.74) is 1.68. The SMILES string of the molecule is CCCCCCCCCCCCCCCCCCCCCCCCCCN[C@@H](CO[C@@H]1O[C@H](COC(=O)Nc2ccc(C(C)C)cc2)[C@H](O)[C@H](O)[C@H]1O)[C@H](O)[C@H](O)CCCCCCCCCCCCCC. The summed E-state index contributed by atoms with van der Waals surface area (Å²) in [6, 6.07) is 6.75. The van der Waals surface area contributed by atoms with Crippen molar-refractivity contribution in [1.29, 1.82) is 0 Å². The summed E-state index contributed by atoms with van der Waals surface area (Å²) in [5, 5.41) is 61.0. The maximum Gasteiger partial charge on any atom is 0.411 e. The molecule has 11 heteroatoms. The fraction of sp³-hybridized carbons (Fsp3) is 0.883. The van der Waals surface area contributed by atoms with Gasteiger partial charge >= 0.3 is 6.09 Å². The lowest BCUT2D eigenvalue weighted by atomic mass is 9.98. The molecule has 0 radical (unpaired) electrons. The smallest absolute Gasteiger partial charge is 0.411 e. The summed E-state index contributed by atoms with van der Waals surface area (Å²) in [4.78, 5) is 12.6. The van der Waals surface area contributed by atoms with Crippen molar-refractivity contribution in [3.63, 3.8) is 0 Å². The predicted molar refractivity (Wildman–Crippen MR) is 294 cm³/mol. The lowest BCUT2D eigenvalue weighted by molar-refractivity contribution is -0.302. The summed E-state index contributed by atoms with van der Waals surface area (Å²) >= 11 is 0. The first-order chi connectivity index (χ1) is 34.6. The van der Waals surface area contributed by atoms with Crippen LogP contribution in [0.5, 0.6) is 0 Å². The standard InChI is InChI=1S/C60H112N2O9/c1-5-7-9-11-13-15-17-19-20-21-22-23-24-25-26-27-28-29-30-32-34-36-38-40-46-61-52(55(64)53(63)41-39-37-35-33-31-18-16-14-12-10-8-6-2)47-69-59-58(67)57(66)56(65)54(71-59)48-70-60(68)62-51-44-42-50(43-45-51)49(3)4/h42-45,49,52-59,61,63-67H,5-41,46-48H2,1-4H3,(H,62,68)/t52-,53+,54+,55-,56-,57-,58+,59+/m0/s1. The molecular formula is C60H112N2O9. The van der Waals surface area contributed by atoms with Crippen LogP contribution in [0.3, 0.4) is 0 Å². The average molecular weight is 1010 g/mol. The Hall–Kier alpha value is -1.83. The van der Waals surface area contributed by atoms with Crippen LogP contribution in [-0.2, 0) is 14.2 Å². The van der Waals surface area contributed by atoms with Crippen molar-refractivity contribution in [3.8, 4) is 0 Å². The number of hydrogen-bond donors (Lipinski definition) is 7. The third-order valence-electron chi connectivity index (χ3n) is 14.9. The minimum Gasteiger partial charge on any atom is -0.446 e. The van der Waals surface area contributed by atoms with E-state index in [9.17, 15) is 30.3 Å². The van der Waals surface area contributed by atoms with E-state index in [-0.39, 0.29) is 6.61 Å². The van der Waals surface area contributed by atoms with Gasteiger partial charge in [0.1, 0.15) is 31.0 Å². The van der Waals surface area contributed by atoms with Crippen LogP contribution in [0.1, 0.15) is 277 Å². The van der Waals surface area contributed by atoms with Gasteiger partial charge in [0.15, 0.2) is 6.29 Å². The molecule has 1 aliphatic rings. The number of aliphatic hydroxyl groups excluding tert-OH is 5. The summed E-state index contributed by atoms with van der Waals surface area (Å²) in [6.07, 6.45) is 37.1. The molecule has 0 unspecified atom stereocenters. The molecule has 1 fully saturated rings. The molecule has 7 N–H and O–H groups in total. The highest BCUT2D eigenvalue weighted by Crippen LogP contribution is 2.25. The van der Waals surface area contributed by atoms with Gasteiger partial charge in [0.25, 0.3) is 0 Å². The quantitative estimate of drug-likeness (QED) is 0.0312. The highest BCUT2D eigenvalue weighted by atomic mass is 16.7. The highest BCUT2D eigenvalue weighted by Gasteiger charge is 2.45. The van der Waals surface area contributed by atoms with Crippen molar-refractivity contribution >= 4 is 11.8 Å². The predicted octanol–water partition coefficient (Wildman–Crippen LogP) is 14.3. The molecule has 1 amide bonds. The largest absolute Gasteiger partial charge is 0.446 e. The molecule has 0 aromatic heterocycles. The fourth-order valence-electron chi connectivity index (χ4n) is 9.94. The molecule has 8 atom stereocenters. The topological polar surface area (TPSA) is 170 Å². The van der Waals surface area contributed by atoms with Gasteiger partial charge in [-0.1, -0.05) is 265 Å². The van der Waals surface area contributed by atoms with Crippen LogP contribution in [0.4, 0.5) is 10.5 Å². The van der Waals surface area contributed by atoms with Crippen molar-refractivity contribution in [2.24, 2.45) is 0 Å². The second kappa shape index (κ2) is 44.5. The Bertz CT molecular complexity index is 1340.